The highest BCUT2D eigenvalue weighted by Gasteiger charge is 2.32. The molecule has 1 aromatic carbocycles. The Hall–Kier alpha value is -1.46. The maximum atomic E-state index is 13.3. The van der Waals surface area contributed by atoms with Crippen molar-refractivity contribution >= 4 is 29.3 Å². The lowest BCUT2D eigenvalue weighted by molar-refractivity contribution is -0.135. The molecule has 1 N–H and O–H groups in total. The van der Waals surface area contributed by atoms with Crippen LogP contribution in [0.2, 0.25) is 5.02 Å². The van der Waals surface area contributed by atoms with Gasteiger partial charge in [0.15, 0.2) is 5.16 Å². The van der Waals surface area contributed by atoms with Gasteiger partial charge in [-0.25, -0.2) is 4.98 Å². The molecule has 1 aromatic heterocycles. The van der Waals surface area contributed by atoms with Crippen LogP contribution in [0.3, 0.4) is 0 Å². The second-order valence-electron chi connectivity index (χ2n) is 8.28. The lowest BCUT2D eigenvalue weighted by atomic mass is 9.88. The van der Waals surface area contributed by atoms with Crippen molar-refractivity contribution in [3.8, 4) is 11.3 Å². The van der Waals surface area contributed by atoms with E-state index in [1.807, 2.05) is 30.5 Å². The van der Waals surface area contributed by atoms with Gasteiger partial charge in [-0.15, -0.1) is 0 Å². The Morgan fingerprint density at radius 1 is 1.00 bits per heavy atom. The number of thioether (sulfide) groups is 1. The number of nitrogens with zero attached hydrogens (tertiary/aromatic N) is 2. The number of aromatic amines is 1. The minimum atomic E-state index is 0.290. The average Bonchev–Trinajstić information content (AvgIpc) is 3.24. The number of amides is 1. The summed E-state index contributed by atoms with van der Waals surface area (Å²) in [7, 11) is 0. The molecule has 0 radical (unpaired) electrons. The average molecular weight is 432 g/mol. The number of halogens is 1. The van der Waals surface area contributed by atoms with Crippen molar-refractivity contribution in [3.63, 3.8) is 0 Å². The van der Waals surface area contributed by atoms with Gasteiger partial charge in [-0.3, -0.25) is 4.79 Å². The number of hydrogen-bond acceptors (Lipinski definition) is 3. The summed E-state index contributed by atoms with van der Waals surface area (Å²) in [5.41, 5.74) is 2.00. The van der Waals surface area contributed by atoms with Crippen molar-refractivity contribution in [2.75, 3.05) is 5.75 Å². The minimum absolute atomic E-state index is 0.290. The topological polar surface area (TPSA) is 49.0 Å². The van der Waals surface area contributed by atoms with Gasteiger partial charge in [-0.05, 0) is 43.4 Å². The lowest BCUT2D eigenvalue weighted by Gasteiger charge is -2.41. The van der Waals surface area contributed by atoms with Crippen LogP contribution in [0.15, 0.2) is 35.6 Å². The van der Waals surface area contributed by atoms with Crippen molar-refractivity contribution < 1.29 is 4.79 Å². The van der Waals surface area contributed by atoms with E-state index in [-0.39, 0.29) is 0 Å². The normalized spacial score (nSPS) is 18.7. The summed E-state index contributed by atoms with van der Waals surface area (Å²) in [6.07, 6.45) is 14.2. The Labute approximate surface area is 182 Å². The van der Waals surface area contributed by atoms with E-state index in [4.69, 9.17) is 11.6 Å². The summed E-state index contributed by atoms with van der Waals surface area (Å²) in [6.45, 7) is 0. The molecular formula is C23H30ClN3OS. The molecule has 156 valence electrons. The SMILES string of the molecule is O=C(CSc1ncc(-c2ccc(Cl)cc2)[nH]1)N(C1CCCCC1)C1CCCCC1. The van der Waals surface area contributed by atoms with Gasteiger partial charge in [0, 0.05) is 17.1 Å². The number of H-pyrrole nitrogens is 1. The van der Waals surface area contributed by atoms with Gasteiger partial charge in [-0.2, -0.15) is 0 Å². The molecule has 1 heterocycles. The van der Waals surface area contributed by atoms with Crippen LogP contribution in [0, 0.1) is 0 Å². The summed E-state index contributed by atoms with van der Waals surface area (Å²) in [5.74, 6) is 0.749. The van der Waals surface area contributed by atoms with E-state index in [1.54, 1.807) is 0 Å². The summed E-state index contributed by atoms with van der Waals surface area (Å²) >= 11 is 7.49. The van der Waals surface area contributed by atoms with E-state index in [1.165, 1.54) is 76.0 Å². The Kier molecular flexibility index (Phi) is 7.20. The van der Waals surface area contributed by atoms with Crippen LogP contribution >= 0.6 is 23.4 Å². The first kappa shape index (κ1) is 20.8. The van der Waals surface area contributed by atoms with Crippen molar-refractivity contribution in [1.82, 2.24) is 14.9 Å². The first-order valence-electron chi connectivity index (χ1n) is 11.0. The number of benzene rings is 1. The van der Waals surface area contributed by atoms with E-state index in [0.29, 0.717) is 23.7 Å². The third kappa shape index (κ3) is 5.37. The highest BCUT2D eigenvalue weighted by molar-refractivity contribution is 7.99. The molecule has 0 bridgehead atoms. The molecule has 6 heteroatoms. The third-order valence-corrected chi connectivity index (χ3v) is 7.39. The Morgan fingerprint density at radius 3 is 2.17 bits per heavy atom. The molecular weight excluding hydrogens is 402 g/mol. The zero-order chi connectivity index (χ0) is 20.1. The summed E-state index contributed by atoms with van der Waals surface area (Å²) in [4.78, 5) is 23.4. The van der Waals surface area contributed by atoms with Crippen LogP contribution in [-0.4, -0.2) is 38.6 Å². The van der Waals surface area contributed by atoms with Gasteiger partial charge in [0.05, 0.1) is 17.6 Å². The minimum Gasteiger partial charge on any atom is -0.336 e. The van der Waals surface area contributed by atoms with Gasteiger partial charge >= 0.3 is 0 Å². The van der Waals surface area contributed by atoms with Crippen molar-refractivity contribution in [2.45, 2.75) is 81.4 Å². The Bertz CT molecular complexity index is 777. The zero-order valence-electron chi connectivity index (χ0n) is 16.9. The van der Waals surface area contributed by atoms with E-state index in [2.05, 4.69) is 14.9 Å². The Morgan fingerprint density at radius 2 is 1.59 bits per heavy atom. The number of imidazole rings is 1. The number of nitrogens with one attached hydrogen (secondary N) is 1. The largest absolute Gasteiger partial charge is 0.336 e. The fraction of sp³-hybridized carbons (Fsp3) is 0.565. The molecule has 4 rings (SSSR count). The predicted molar refractivity (Wildman–Crippen MR) is 120 cm³/mol. The van der Waals surface area contributed by atoms with Gasteiger partial charge in [-0.1, -0.05) is 74.0 Å². The van der Waals surface area contributed by atoms with Crippen LogP contribution in [0.4, 0.5) is 0 Å². The van der Waals surface area contributed by atoms with E-state index in [9.17, 15) is 4.79 Å². The number of rotatable bonds is 6. The van der Waals surface area contributed by atoms with Crippen LogP contribution < -0.4 is 0 Å². The van der Waals surface area contributed by atoms with Crippen molar-refractivity contribution in [3.05, 3.63) is 35.5 Å². The van der Waals surface area contributed by atoms with E-state index in [0.717, 1.165) is 21.4 Å². The molecule has 2 saturated carbocycles. The maximum absolute atomic E-state index is 13.3. The number of carbonyl (C=O) groups excluding carboxylic acids is 1. The fourth-order valence-electron chi connectivity index (χ4n) is 4.78. The van der Waals surface area contributed by atoms with Gasteiger partial charge in [0.1, 0.15) is 0 Å². The van der Waals surface area contributed by atoms with Crippen LogP contribution in [0.1, 0.15) is 64.2 Å². The molecule has 0 saturated heterocycles. The standard InChI is InChI=1S/C23H30ClN3OS/c24-18-13-11-17(12-14-18)21-15-25-23(26-21)29-16-22(28)27(19-7-3-1-4-8-19)20-9-5-2-6-10-20/h11-15,19-20H,1-10,16H2,(H,25,26). The third-order valence-electron chi connectivity index (χ3n) is 6.26. The summed E-state index contributed by atoms with van der Waals surface area (Å²) in [6, 6.07) is 8.59. The first-order valence-corrected chi connectivity index (χ1v) is 12.3. The van der Waals surface area contributed by atoms with Crippen LogP contribution in [-0.2, 0) is 4.79 Å². The van der Waals surface area contributed by atoms with Crippen molar-refractivity contribution in [1.29, 1.82) is 0 Å². The quantitative estimate of drug-likeness (QED) is 0.544. The molecule has 2 aromatic rings. The molecule has 29 heavy (non-hydrogen) atoms. The predicted octanol–water partition coefficient (Wildman–Crippen LogP) is 6.32. The molecule has 0 aliphatic heterocycles. The second kappa shape index (κ2) is 10.0. The van der Waals surface area contributed by atoms with Crippen molar-refractivity contribution in [2.24, 2.45) is 0 Å². The smallest absolute Gasteiger partial charge is 0.233 e. The molecule has 2 fully saturated rings. The molecule has 0 atom stereocenters. The molecule has 1 amide bonds. The van der Waals surface area contributed by atoms with Gasteiger partial charge in [0.25, 0.3) is 0 Å². The monoisotopic (exact) mass is 431 g/mol. The van der Waals surface area contributed by atoms with Gasteiger partial charge < -0.3 is 9.88 Å². The molecule has 4 nitrogen and oxygen atoms in total. The summed E-state index contributed by atoms with van der Waals surface area (Å²) < 4.78 is 0. The Balaban J connectivity index is 1.40. The second-order valence-corrected chi connectivity index (χ2v) is 9.68. The first-order chi connectivity index (χ1) is 14.2. The van der Waals surface area contributed by atoms with Crippen LogP contribution in [0.25, 0.3) is 11.3 Å². The number of hydrogen-bond donors (Lipinski definition) is 1. The van der Waals surface area contributed by atoms with E-state index >= 15 is 0 Å². The number of carbonyl (C=O) groups is 1. The van der Waals surface area contributed by atoms with Crippen LogP contribution in [0.5, 0.6) is 0 Å². The molecule has 2 aliphatic rings. The molecule has 0 unspecified atom stereocenters. The maximum Gasteiger partial charge on any atom is 0.233 e. The highest BCUT2D eigenvalue weighted by Crippen LogP contribution is 2.31. The molecule has 0 spiro atoms. The van der Waals surface area contributed by atoms with E-state index < -0.39 is 0 Å². The summed E-state index contributed by atoms with van der Waals surface area (Å²) in [5, 5.41) is 1.52. The number of aromatic nitrogens is 2. The lowest BCUT2D eigenvalue weighted by Crippen LogP contribution is -2.49. The molecule has 2 aliphatic carbocycles. The fourth-order valence-corrected chi connectivity index (χ4v) is 5.63. The van der Waals surface area contributed by atoms with Gasteiger partial charge in [0.2, 0.25) is 5.91 Å². The zero-order valence-corrected chi connectivity index (χ0v) is 18.5. The highest BCUT2D eigenvalue weighted by atomic mass is 35.5.